The monoisotopic (exact) mass is 188 g/mol. The predicted octanol–water partition coefficient (Wildman–Crippen LogP) is 3.20. The van der Waals surface area contributed by atoms with Crippen LogP contribution in [0.1, 0.15) is 53.4 Å². The van der Waals surface area contributed by atoms with Gasteiger partial charge in [-0.25, -0.2) is 0 Å². The van der Waals surface area contributed by atoms with Gasteiger partial charge in [-0.2, -0.15) is 0 Å². The molecule has 0 atom stereocenters. The highest BCUT2D eigenvalue weighted by molar-refractivity contribution is 5.77. The smallest absolute Gasteiger partial charge is 0.132 e. The summed E-state index contributed by atoms with van der Waals surface area (Å²) in [6, 6.07) is 0. The molecule has 0 rings (SSSR count). The number of hydrogen-bond donors (Lipinski definition) is 0. The van der Waals surface area contributed by atoms with Gasteiger partial charge in [-0.1, -0.05) is 27.7 Å². The van der Waals surface area contributed by atoms with E-state index >= 15 is 0 Å². The summed E-state index contributed by atoms with van der Waals surface area (Å²) < 4.78 is 5.13. The minimum absolute atomic E-state index is 0.343. The third kappa shape index (κ3) is 18.5. The van der Waals surface area contributed by atoms with E-state index in [0.29, 0.717) is 18.6 Å². The molecule has 0 spiro atoms. The lowest BCUT2D eigenvalue weighted by Crippen LogP contribution is -1.92. The maximum atomic E-state index is 10.2. The van der Waals surface area contributed by atoms with E-state index in [-0.39, 0.29) is 0 Å². The fourth-order valence-electron chi connectivity index (χ4n) is 0.641. The zero-order valence-electron chi connectivity index (χ0n) is 9.56. The second-order valence-corrected chi connectivity index (χ2v) is 2.86. The molecule has 0 fully saturated rings. The molecule has 0 aromatic rings. The molecular weight excluding hydrogens is 164 g/mol. The van der Waals surface area contributed by atoms with Gasteiger partial charge in [-0.05, 0) is 12.8 Å². The lowest BCUT2D eigenvalue weighted by Gasteiger charge is -1.95. The highest BCUT2D eigenvalue weighted by atomic mass is 16.5. The van der Waals surface area contributed by atoms with Crippen molar-refractivity contribution in [3.63, 3.8) is 0 Å². The second-order valence-electron chi connectivity index (χ2n) is 2.86. The van der Waals surface area contributed by atoms with Crippen molar-refractivity contribution in [2.45, 2.75) is 53.4 Å². The van der Waals surface area contributed by atoms with E-state index in [2.05, 4.69) is 13.8 Å². The number of ketones is 1. The molecule has 2 nitrogen and oxygen atoms in total. The Morgan fingerprint density at radius 3 is 1.46 bits per heavy atom. The standard InChI is InChI=1S/C6H14O.C5H10O/c1-3-5-7-6-4-2;1-3-5(6)4-2/h3-6H2,1-2H3;3-4H2,1-2H3. The number of carbonyl (C=O) groups excluding carboxylic acids is 1. The first kappa shape index (κ1) is 15.1. The molecule has 2 heteroatoms. The Hall–Kier alpha value is -0.370. The Labute approximate surface area is 82.7 Å². The van der Waals surface area contributed by atoms with Crippen molar-refractivity contribution in [3.8, 4) is 0 Å². The molecule has 0 saturated heterocycles. The molecule has 0 N–H and O–H groups in total. The number of carbonyl (C=O) groups is 1. The zero-order valence-corrected chi connectivity index (χ0v) is 9.56. The average Bonchev–Trinajstić information content (AvgIpc) is 2.18. The van der Waals surface area contributed by atoms with Gasteiger partial charge in [0, 0.05) is 26.1 Å². The summed E-state index contributed by atoms with van der Waals surface area (Å²) in [7, 11) is 0. The normalized spacial score (nSPS) is 8.92. The van der Waals surface area contributed by atoms with Crippen LogP contribution in [0.25, 0.3) is 0 Å². The quantitative estimate of drug-likeness (QED) is 0.598. The Balaban J connectivity index is 0. The Morgan fingerprint density at radius 1 is 0.923 bits per heavy atom. The van der Waals surface area contributed by atoms with Gasteiger partial charge in [0.15, 0.2) is 0 Å². The Bertz CT molecular complexity index is 90.3. The van der Waals surface area contributed by atoms with Crippen molar-refractivity contribution in [1.82, 2.24) is 0 Å². The van der Waals surface area contributed by atoms with Crippen molar-refractivity contribution in [1.29, 1.82) is 0 Å². The van der Waals surface area contributed by atoms with Crippen molar-refractivity contribution in [2.75, 3.05) is 13.2 Å². The molecule has 0 aliphatic carbocycles. The highest BCUT2D eigenvalue weighted by Crippen LogP contribution is 1.83. The van der Waals surface area contributed by atoms with Gasteiger partial charge < -0.3 is 4.74 Å². The van der Waals surface area contributed by atoms with E-state index in [1.54, 1.807) is 0 Å². The van der Waals surface area contributed by atoms with Crippen molar-refractivity contribution in [2.24, 2.45) is 0 Å². The largest absolute Gasteiger partial charge is 0.381 e. The van der Waals surface area contributed by atoms with Crippen molar-refractivity contribution < 1.29 is 9.53 Å². The van der Waals surface area contributed by atoms with Gasteiger partial charge in [0.2, 0.25) is 0 Å². The molecule has 0 aromatic carbocycles. The number of ether oxygens (including phenoxy) is 1. The number of hydrogen-bond acceptors (Lipinski definition) is 2. The summed E-state index contributed by atoms with van der Waals surface area (Å²) in [5.74, 6) is 0.343. The van der Waals surface area contributed by atoms with Gasteiger partial charge in [0.05, 0.1) is 0 Å². The van der Waals surface area contributed by atoms with Crippen LogP contribution in [0.3, 0.4) is 0 Å². The van der Waals surface area contributed by atoms with E-state index in [0.717, 1.165) is 26.1 Å². The maximum absolute atomic E-state index is 10.2. The van der Waals surface area contributed by atoms with Crippen LogP contribution in [0.2, 0.25) is 0 Å². The van der Waals surface area contributed by atoms with E-state index in [1.165, 1.54) is 0 Å². The first-order valence-electron chi connectivity index (χ1n) is 5.32. The molecular formula is C11H24O2. The summed E-state index contributed by atoms with van der Waals surface area (Å²) in [5.41, 5.74) is 0. The molecule has 0 bridgehead atoms. The maximum Gasteiger partial charge on any atom is 0.132 e. The van der Waals surface area contributed by atoms with E-state index < -0.39 is 0 Å². The third-order valence-corrected chi connectivity index (χ3v) is 1.49. The number of rotatable bonds is 6. The highest BCUT2D eigenvalue weighted by Gasteiger charge is 1.86. The van der Waals surface area contributed by atoms with Crippen molar-refractivity contribution >= 4 is 5.78 Å². The van der Waals surface area contributed by atoms with E-state index in [1.807, 2.05) is 13.8 Å². The Morgan fingerprint density at radius 2 is 1.31 bits per heavy atom. The van der Waals surface area contributed by atoms with E-state index in [9.17, 15) is 4.79 Å². The molecule has 0 aromatic heterocycles. The van der Waals surface area contributed by atoms with Crippen LogP contribution >= 0.6 is 0 Å². The molecule has 0 saturated carbocycles. The molecule has 0 aliphatic rings. The second kappa shape index (κ2) is 14.2. The molecule has 0 amide bonds. The molecule has 0 heterocycles. The molecule has 80 valence electrons. The minimum atomic E-state index is 0.343. The van der Waals surface area contributed by atoms with E-state index in [4.69, 9.17) is 4.74 Å². The van der Waals surface area contributed by atoms with Crippen LogP contribution in [0.5, 0.6) is 0 Å². The lowest BCUT2D eigenvalue weighted by molar-refractivity contribution is -0.118. The fourth-order valence-corrected chi connectivity index (χ4v) is 0.641. The van der Waals surface area contributed by atoms with Gasteiger partial charge in [0.25, 0.3) is 0 Å². The lowest BCUT2D eigenvalue weighted by atomic mass is 10.3. The summed E-state index contributed by atoms with van der Waals surface area (Å²) in [4.78, 5) is 10.2. The first-order chi connectivity index (χ1) is 6.22. The van der Waals surface area contributed by atoms with Gasteiger partial charge in [0.1, 0.15) is 5.78 Å². The minimum Gasteiger partial charge on any atom is -0.381 e. The van der Waals surface area contributed by atoms with Gasteiger partial charge in [-0.3, -0.25) is 4.79 Å². The van der Waals surface area contributed by atoms with Crippen LogP contribution in [-0.4, -0.2) is 19.0 Å². The van der Waals surface area contributed by atoms with Gasteiger partial charge >= 0.3 is 0 Å². The van der Waals surface area contributed by atoms with Crippen molar-refractivity contribution in [3.05, 3.63) is 0 Å². The molecule has 0 aliphatic heterocycles. The average molecular weight is 188 g/mol. The van der Waals surface area contributed by atoms with Crippen LogP contribution in [0, 0.1) is 0 Å². The van der Waals surface area contributed by atoms with Crippen LogP contribution < -0.4 is 0 Å². The SMILES string of the molecule is CCC(=O)CC.CCCOCCC. The van der Waals surface area contributed by atoms with Gasteiger partial charge in [-0.15, -0.1) is 0 Å². The molecule has 0 radical (unpaired) electrons. The van der Waals surface area contributed by atoms with Crippen LogP contribution in [0.15, 0.2) is 0 Å². The fraction of sp³-hybridized carbons (Fsp3) is 0.909. The molecule has 13 heavy (non-hydrogen) atoms. The third-order valence-electron chi connectivity index (χ3n) is 1.49. The summed E-state index contributed by atoms with van der Waals surface area (Å²) in [6.45, 7) is 9.85. The topological polar surface area (TPSA) is 26.3 Å². The summed E-state index contributed by atoms with van der Waals surface area (Å²) in [5, 5.41) is 0. The summed E-state index contributed by atoms with van der Waals surface area (Å²) in [6.07, 6.45) is 3.66. The number of Topliss-reactive ketones (excluding diaryl/α,β-unsaturated/α-hetero) is 1. The Kier molecular flexibility index (Phi) is 16.5. The zero-order chi connectivity index (χ0) is 10.5. The van der Waals surface area contributed by atoms with Crippen LogP contribution in [0.4, 0.5) is 0 Å². The summed E-state index contributed by atoms with van der Waals surface area (Å²) >= 11 is 0. The predicted molar refractivity (Wildman–Crippen MR) is 57.0 cm³/mol. The molecule has 0 unspecified atom stereocenters. The first-order valence-corrected chi connectivity index (χ1v) is 5.32. The van der Waals surface area contributed by atoms with Crippen LogP contribution in [-0.2, 0) is 9.53 Å².